The van der Waals surface area contributed by atoms with Crippen LogP contribution in [0.1, 0.15) is 5.56 Å². The molecule has 3 heterocycles. The predicted octanol–water partition coefficient (Wildman–Crippen LogP) is 3.24. The Balaban J connectivity index is 1.67. The van der Waals surface area contributed by atoms with Crippen molar-refractivity contribution in [2.45, 2.75) is 6.54 Å². The first-order valence-corrected chi connectivity index (χ1v) is 11.2. The van der Waals surface area contributed by atoms with Crippen molar-refractivity contribution >= 4 is 44.3 Å². The smallest absolute Gasteiger partial charge is 0.233 e. The number of pyridine rings is 1. The van der Waals surface area contributed by atoms with Gasteiger partial charge < -0.3 is 15.6 Å². The highest BCUT2D eigenvalue weighted by molar-refractivity contribution is 7.92. The van der Waals surface area contributed by atoms with Gasteiger partial charge >= 0.3 is 0 Å². The summed E-state index contributed by atoms with van der Waals surface area (Å²) in [5.41, 5.74) is 1.72. The van der Waals surface area contributed by atoms with Crippen LogP contribution in [0.25, 0.3) is 11.0 Å². The van der Waals surface area contributed by atoms with Gasteiger partial charge in [0.05, 0.1) is 11.6 Å². The molecule has 0 aliphatic rings. The van der Waals surface area contributed by atoms with Gasteiger partial charge in [0.2, 0.25) is 16.0 Å². The third kappa shape index (κ3) is 4.40. The van der Waals surface area contributed by atoms with Gasteiger partial charge in [-0.15, -0.1) is 0 Å². The van der Waals surface area contributed by atoms with Crippen LogP contribution in [0.4, 0.5) is 27.7 Å². The minimum absolute atomic E-state index is 0.171. The minimum atomic E-state index is -3.49. The average molecular weight is 441 g/mol. The topological polar surface area (TPSA) is 116 Å². The van der Waals surface area contributed by atoms with Crippen molar-refractivity contribution in [2.75, 3.05) is 28.2 Å². The highest BCUT2D eigenvalue weighted by atomic mass is 32.2. The summed E-state index contributed by atoms with van der Waals surface area (Å²) in [6.07, 6.45) is 3.82. The number of halogens is 1. The third-order valence-corrected chi connectivity index (χ3v) is 5.79. The van der Waals surface area contributed by atoms with Crippen molar-refractivity contribution in [1.29, 1.82) is 0 Å². The lowest BCUT2D eigenvalue weighted by molar-refractivity contribution is 0.599. The molecule has 0 bridgehead atoms. The van der Waals surface area contributed by atoms with Gasteiger partial charge in [-0.1, -0.05) is 24.3 Å². The van der Waals surface area contributed by atoms with Gasteiger partial charge in [0.1, 0.15) is 17.3 Å². The molecule has 0 radical (unpaired) electrons. The van der Waals surface area contributed by atoms with Crippen molar-refractivity contribution in [2.24, 2.45) is 0 Å². The van der Waals surface area contributed by atoms with Crippen LogP contribution in [0.3, 0.4) is 0 Å². The molecule has 11 heteroatoms. The lowest BCUT2D eigenvalue weighted by Crippen LogP contribution is -2.27. The maximum Gasteiger partial charge on any atom is 0.233 e. The van der Waals surface area contributed by atoms with Crippen LogP contribution in [0.15, 0.2) is 54.9 Å². The summed E-state index contributed by atoms with van der Waals surface area (Å²) in [7, 11) is -2.06. The second kappa shape index (κ2) is 8.19. The normalized spacial score (nSPS) is 11.5. The summed E-state index contributed by atoms with van der Waals surface area (Å²) in [5.74, 6) is 0.324. The molecule has 31 heavy (non-hydrogen) atoms. The van der Waals surface area contributed by atoms with E-state index in [1.807, 2.05) is 30.3 Å². The second-order valence-electron chi connectivity index (χ2n) is 6.82. The number of rotatable bonds is 7. The Hall–Kier alpha value is -3.73. The number of para-hydroxylation sites is 1. The lowest BCUT2D eigenvalue weighted by Gasteiger charge is -2.19. The van der Waals surface area contributed by atoms with Gasteiger partial charge in [0.25, 0.3) is 0 Å². The fourth-order valence-corrected chi connectivity index (χ4v) is 3.50. The molecule has 0 aliphatic heterocycles. The van der Waals surface area contributed by atoms with Crippen molar-refractivity contribution < 1.29 is 12.8 Å². The first kappa shape index (κ1) is 20.5. The van der Waals surface area contributed by atoms with E-state index in [9.17, 15) is 12.8 Å². The van der Waals surface area contributed by atoms with Crippen LogP contribution < -0.4 is 14.9 Å². The van der Waals surface area contributed by atoms with Crippen LogP contribution in [0, 0.1) is 5.82 Å². The zero-order valence-electron chi connectivity index (χ0n) is 16.8. The zero-order chi connectivity index (χ0) is 22.0. The Morgan fingerprint density at radius 3 is 2.65 bits per heavy atom. The molecule has 3 aromatic heterocycles. The van der Waals surface area contributed by atoms with E-state index in [1.54, 1.807) is 12.1 Å². The van der Waals surface area contributed by atoms with Gasteiger partial charge in [-0.05, 0) is 18.2 Å². The van der Waals surface area contributed by atoms with E-state index in [0.29, 0.717) is 11.2 Å². The first-order chi connectivity index (χ1) is 14.8. The summed E-state index contributed by atoms with van der Waals surface area (Å²) in [6, 6.07) is 12.8. The number of aromatic nitrogens is 4. The Labute approximate surface area is 178 Å². The fourth-order valence-electron chi connectivity index (χ4n) is 3.02. The minimum Gasteiger partial charge on any atom is -0.365 e. The molecule has 0 saturated carbocycles. The number of anilines is 4. The van der Waals surface area contributed by atoms with Gasteiger partial charge in [-0.25, -0.2) is 17.8 Å². The maximum absolute atomic E-state index is 14.4. The summed E-state index contributed by atoms with van der Waals surface area (Å²) >= 11 is 0. The second-order valence-corrected chi connectivity index (χ2v) is 8.83. The molecule has 0 amide bonds. The standard InChI is InChI=1S/C20H20FN7O2S/c1-28(31(2,29)30)19-13(7-6-10-22-19)11-23-17-16-15(21)12-24-18(16)27-20(26-17)25-14-8-4-3-5-9-14/h3-10,12H,11H2,1-2H3,(H3,23,24,25,26,27). The molecule has 1 aromatic carbocycles. The molecule has 9 nitrogen and oxygen atoms in total. The van der Waals surface area contributed by atoms with Crippen LogP contribution in [0.2, 0.25) is 0 Å². The highest BCUT2D eigenvalue weighted by Crippen LogP contribution is 2.27. The third-order valence-electron chi connectivity index (χ3n) is 4.62. The molecule has 3 N–H and O–H groups in total. The quantitative estimate of drug-likeness (QED) is 0.403. The van der Waals surface area contributed by atoms with Crippen molar-refractivity contribution in [3.05, 3.63) is 66.2 Å². The molecular formula is C20H20FN7O2S. The van der Waals surface area contributed by atoms with E-state index < -0.39 is 15.8 Å². The Morgan fingerprint density at radius 2 is 1.90 bits per heavy atom. The van der Waals surface area contributed by atoms with E-state index >= 15 is 0 Å². The molecule has 0 unspecified atom stereocenters. The van der Waals surface area contributed by atoms with Gasteiger partial charge in [0, 0.05) is 37.2 Å². The van der Waals surface area contributed by atoms with Crippen molar-refractivity contribution in [1.82, 2.24) is 19.9 Å². The average Bonchev–Trinajstić information content (AvgIpc) is 3.12. The molecule has 0 spiro atoms. The number of nitrogens with one attached hydrogen (secondary N) is 3. The number of benzene rings is 1. The van der Waals surface area contributed by atoms with E-state index in [-0.39, 0.29) is 29.5 Å². The van der Waals surface area contributed by atoms with Crippen LogP contribution in [-0.4, -0.2) is 41.7 Å². The van der Waals surface area contributed by atoms with Gasteiger partial charge in [-0.2, -0.15) is 9.97 Å². The molecule has 0 saturated heterocycles. The van der Waals surface area contributed by atoms with Crippen molar-refractivity contribution in [3.8, 4) is 0 Å². The van der Waals surface area contributed by atoms with E-state index in [0.717, 1.165) is 16.2 Å². The summed E-state index contributed by atoms with van der Waals surface area (Å²) < 4.78 is 39.4. The molecule has 160 valence electrons. The van der Waals surface area contributed by atoms with Crippen LogP contribution in [0.5, 0.6) is 0 Å². The van der Waals surface area contributed by atoms with Crippen LogP contribution in [-0.2, 0) is 16.6 Å². The molecule has 0 aliphatic carbocycles. The number of nitrogens with zero attached hydrogens (tertiary/aromatic N) is 4. The largest absolute Gasteiger partial charge is 0.365 e. The monoisotopic (exact) mass is 441 g/mol. The molecule has 0 atom stereocenters. The number of aromatic amines is 1. The molecule has 4 rings (SSSR count). The van der Waals surface area contributed by atoms with Crippen molar-refractivity contribution in [3.63, 3.8) is 0 Å². The van der Waals surface area contributed by atoms with E-state index in [4.69, 9.17) is 0 Å². The first-order valence-electron chi connectivity index (χ1n) is 9.31. The van der Waals surface area contributed by atoms with Gasteiger partial charge in [0.15, 0.2) is 5.82 Å². The highest BCUT2D eigenvalue weighted by Gasteiger charge is 2.18. The molecular weight excluding hydrogens is 421 g/mol. The number of H-pyrrole nitrogens is 1. The number of hydrogen-bond acceptors (Lipinski definition) is 7. The Morgan fingerprint density at radius 1 is 1.13 bits per heavy atom. The zero-order valence-corrected chi connectivity index (χ0v) is 17.6. The number of fused-ring (bicyclic) bond motifs is 1. The summed E-state index contributed by atoms with van der Waals surface area (Å²) in [5, 5.41) is 6.39. The van der Waals surface area contributed by atoms with E-state index in [2.05, 4.69) is 30.6 Å². The lowest BCUT2D eigenvalue weighted by atomic mass is 10.2. The van der Waals surface area contributed by atoms with Gasteiger partial charge in [-0.3, -0.25) is 4.31 Å². The Kier molecular flexibility index (Phi) is 5.42. The fraction of sp³-hybridized carbons (Fsp3) is 0.150. The number of sulfonamides is 1. The van der Waals surface area contributed by atoms with Crippen LogP contribution >= 0.6 is 0 Å². The predicted molar refractivity (Wildman–Crippen MR) is 118 cm³/mol. The Bertz CT molecular complexity index is 1330. The summed E-state index contributed by atoms with van der Waals surface area (Å²) in [6.45, 7) is 0.171. The van der Waals surface area contributed by atoms with E-state index in [1.165, 1.54) is 19.4 Å². The molecule has 4 aromatic rings. The number of hydrogen-bond donors (Lipinski definition) is 3. The maximum atomic E-state index is 14.4. The molecule has 0 fully saturated rings. The summed E-state index contributed by atoms with van der Waals surface area (Å²) in [4.78, 5) is 15.7. The SMILES string of the molecule is CN(c1ncccc1CNc1nc(Nc2ccccc2)nc2[nH]cc(F)c12)S(C)(=O)=O.